The van der Waals surface area contributed by atoms with Crippen LogP contribution >= 0.6 is 0 Å². The van der Waals surface area contributed by atoms with Crippen LogP contribution in [0.4, 0.5) is 0 Å². The van der Waals surface area contributed by atoms with E-state index in [0.717, 1.165) is 37.9 Å². The first-order valence-electron chi connectivity index (χ1n) is 6.87. The van der Waals surface area contributed by atoms with Crippen molar-refractivity contribution in [1.82, 2.24) is 4.90 Å². The van der Waals surface area contributed by atoms with Gasteiger partial charge in [-0.05, 0) is 58.0 Å². The standard InChI is InChI=1S/C14H27NO/c1-4-15(11-5-6-13(3)16)14-9-7-12(2)8-10-14/h12,14H,4-11H2,1-3H3. The van der Waals surface area contributed by atoms with E-state index in [4.69, 9.17) is 0 Å². The van der Waals surface area contributed by atoms with Gasteiger partial charge in [-0.15, -0.1) is 0 Å². The smallest absolute Gasteiger partial charge is 0.129 e. The molecule has 0 N–H and O–H groups in total. The van der Waals surface area contributed by atoms with Gasteiger partial charge in [-0.3, -0.25) is 0 Å². The zero-order valence-corrected chi connectivity index (χ0v) is 11.2. The van der Waals surface area contributed by atoms with Crippen LogP contribution in [0.2, 0.25) is 0 Å². The fraction of sp³-hybridized carbons (Fsp3) is 0.929. The Morgan fingerprint density at radius 1 is 1.25 bits per heavy atom. The van der Waals surface area contributed by atoms with E-state index in [1.807, 2.05) is 0 Å². The molecule has 16 heavy (non-hydrogen) atoms. The van der Waals surface area contributed by atoms with Crippen molar-refractivity contribution in [2.24, 2.45) is 5.92 Å². The number of nitrogens with zero attached hydrogens (tertiary/aromatic N) is 1. The van der Waals surface area contributed by atoms with Crippen LogP contribution in [0.3, 0.4) is 0 Å². The van der Waals surface area contributed by atoms with Crippen LogP contribution in [-0.2, 0) is 4.79 Å². The summed E-state index contributed by atoms with van der Waals surface area (Å²) in [6, 6.07) is 0.785. The van der Waals surface area contributed by atoms with E-state index < -0.39 is 0 Å². The molecule has 1 aliphatic rings. The summed E-state index contributed by atoms with van der Waals surface area (Å²) in [7, 11) is 0. The molecule has 0 radical (unpaired) electrons. The molecule has 1 saturated carbocycles. The van der Waals surface area contributed by atoms with E-state index in [9.17, 15) is 4.79 Å². The average Bonchev–Trinajstić information content (AvgIpc) is 2.26. The zero-order chi connectivity index (χ0) is 12.0. The third-order valence-electron chi connectivity index (χ3n) is 3.88. The fourth-order valence-electron chi connectivity index (χ4n) is 2.74. The molecule has 0 amide bonds. The van der Waals surface area contributed by atoms with Gasteiger partial charge < -0.3 is 9.69 Å². The van der Waals surface area contributed by atoms with E-state index in [0.29, 0.717) is 5.78 Å². The van der Waals surface area contributed by atoms with E-state index >= 15 is 0 Å². The van der Waals surface area contributed by atoms with Gasteiger partial charge in [0.05, 0.1) is 0 Å². The van der Waals surface area contributed by atoms with E-state index in [-0.39, 0.29) is 0 Å². The van der Waals surface area contributed by atoms with Crippen LogP contribution in [0.15, 0.2) is 0 Å². The van der Waals surface area contributed by atoms with Crippen molar-refractivity contribution >= 4 is 5.78 Å². The molecule has 0 aromatic rings. The maximum atomic E-state index is 10.9. The Kier molecular flexibility index (Phi) is 6.04. The number of ketones is 1. The summed E-state index contributed by atoms with van der Waals surface area (Å²) in [5.41, 5.74) is 0. The molecule has 1 aliphatic carbocycles. The fourth-order valence-corrected chi connectivity index (χ4v) is 2.74. The quantitative estimate of drug-likeness (QED) is 0.691. The lowest BCUT2D eigenvalue weighted by molar-refractivity contribution is -0.117. The van der Waals surface area contributed by atoms with Gasteiger partial charge in [0, 0.05) is 12.5 Å². The predicted octanol–water partition coefficient (Wildman–Crippen LogP) is 3.26. The third-order valence-corrected chi connectivity index (χ3v) is 3.88. The Morgan fingerprint density at radius 3 is 2.38 bits per heavy atom. The Morgan fingerprint density at radius 2 is 1.88 bits per heavy atom. The van der Waals surface area contributed by atoms with Crippen LogP contribution in [0.1, 0.15) is 59.3 Å². The van der Waals surface area contributed by atoms with Crippen molar-refractivity contribution in [3.05, 3.63) is 0 Å². The topological polar surface area (TPSA) is 20.3 Å². The van der Waals surface area contributed by atoms with Crippen molar-refractivity contribution in [1.29, 1.82) is 0 Å². The minimum Gasteiger partial charge on any atom is -0.301 e. The molecule has 0 heterocycles. The lowest BCUT2D eigenvalue weighted by Gasteiger charge is -2.35. The highest BCUT2D eigenvalue weighted by Gasteiger charge is 2.22. The van der Waals surface area contributed by atoms with Gasteiger partial charge in [0.15, 0.2) is 0 Å². The molecular weight excluding hydrogens is 198 g/mol. The van der Waals surface area contributed by atoms with Crippen molar-refractivity contribution in [2.75, 3.05) is 13.1 Å². The molecule has 2 nitrogen and oxygen atoms in total. The molecule has 1 fully saturated rings. The monoisotopic (exact) mass is 225 g/mol. The second-order valence-corrected chi connectivity index (χ2v) is 5.35. The molecule has 0 atom stereocenters. The van der Waals surface area contributed by atoms with Crippen molar-refractivity contribution < 1.29 is 4.79 Å². The molecule has 0 aromatic heterocycles. The first-order chi connectivity index (χ1) is 7.63. The summed E-state index contributed by atoms with van der Waals surface area (Å²) >= 11 is 0. The van der Waals surface area contributed by atoms with E-state index in [2.05, 4.69) is 18.7 Å². The predicted molar refractivity (Wildman–Crippen MR) is 68.6 cm³/mol. The van der Waals surface area contributed by atoms with E-state index in [1.165, 1.54) is 25.7 Å². The molecule has 0 unspecified atom stereocenters. The van der Waals surface area contributed by atoms with Gasteiger partial charge in [-0.1, -0.05) is 13.8 Å². The first kappa shape index (κ1) is 13.7. The molecule has 0 spiro atoms. The molecule has 0 aliphatic heterocycles. The Balaban J connectivity index is 2.27. The van der Waals surface area contributed by atoms with Gasteiger partial charge >= 0.3 is 0 Å². The van der Waals surface area contributed by atoms with Gasteiger partial charge in [0.2, 0.25) is 0 Å². The molecule has 0 saturated heterocycles. The number of hydrogen-bond donors (Lipinski definition) is 0. The Labute approximate surface area is 100 Å². The van der Waals surface area contributed by atoms with Gasteiger partial charge in [0.1, 0.15) is 5.78 Å². The van der Waals surface area contributed by atoms with Gasteiger partial charge in [0.25, 0.3) is 0 Å². The summed E-state index contributed by atoms with van der Waals surface area (Å²) in [5, 5.41) is 0. The highest BCUT2D eigenvalue weighted by atomic mass is 16.1. The minimum atomic E-state index is 0.327. The Hall–Kier alpha value is -0.370. The summed E-state index contributed by atoms with van der Waals surface area (Å²) < 4.78 is 0. The molecular formula is C14H27NO. The second-order valence-electron chi connectivity index (χ2n) is 5.35. The van der Waals surface area contributed by atoms with Crippen molar-refractivity contribution in [3.8, 4) is 0 Å². The number of carbonyl (C=O) groups excluding carboxylic acids is 1. The zero-order valence-electron chi connectivity index (χ0n) is 11.2. The van der Waals surface area contributed by atoms with Crippen LogP contribution in [0, 0.1) is 5.92 Å². The summed E-state index contributed by atoms with van der Waals surface area (Å²) in [4.78, 5) is 13.5. The summed E-state index contributed by atoms with van der Waals surface area (Å²) in [6.45, 7) is 8.54. The first-order valence-corrected chi connectivity index (χ1v) is 6.87. The average molecular weight is 225 g/mol. The third kappa shape index (κ3) is 4.65. The summed E-state index contributed by atoms with van der Waals surface area (Å²) in [6.07, 6.45) is 7.26. The van der Waals surface area contributed by atoms with Gasteiger partial charge in [-0.25, -0.2) is 0 Å². The minimum absolute atomic E-state index is 0.327. The summed E-state index contributed by atoms with van der Waals surface area (Å²) in [5.74, 6) is 1.25. The van der Waals surface area contributed by atoms with Crippen LogP contribution in [0.25, 0.3) is 0 Å². The van der Waals surface area contributed by atoms with Crippen LogP contribution in [0.5, 0.6) is 0 Å². The number of rotatable bonds is 6. The maximum Gasteiger partial charge on any atom is 0.129 e. The van der Waals surface area contributed by atoms with Crippen LogP contribution in [-0.4, -0.2) is 29.8 Å². The molecule has 0 bridgehead atoms. The maximum absolute atomic E-state index is 10.9. The molecule has 2 heteroatoms. The van der Waals surface area contributed by atoms with Crippen molar-refractivity contribution in [3.63, 3.8) is 0 Å². The Bertz CT molecular complexity index is 207. The highest BCUT2D eigenvalue weighted by molar-refractivity contribution is 5.75. The van der Waals surface area contributed by atoms with Crippen LogP contribution < -0.4 is 0 Å². The van der Waals surface area contributed by atoms with Gasteiger partial charge in [-0.2, -0.15) is 0 Å². The largest absolute Gasteiger partial charge is 0.301 e. The molecule has 0 aromatic carbocycles. The number of Topliss-reactive ketones (excluding diaryl/α,β-unsaturated/α-hetero) is 1. The molecule has 1 rings (SSSR count). The normalized spacial score (nSPS) is 26.0. The van der Waals surface area contributed by atoms with E-state index in [1.54, 1.807) is 6.92 Å². The second kappa shape index (κ2) is 7.05. The lowest BCUT2D eigenvalue weighted by atomic mass is 9.86. The highest BCUT2D eigenvalue weighted by Crippen LogP contribution is 2.27. The lowest BCUT2D eigenvalue weighted by Crippen LogP contribution is -2.38. The molecule has 94 valence electrons. The SMILES string of the molecule is CCN(CCCC(C)=O)C1CCC(C)CC1. The number of carbonyl (C=O) groups is 1. The van der Waals surface area contributed by atoms with Crippen molar-refractivity contribution in [2.45, 2.75) is 65.3 Å². The number of hydrogen-bond acceptors (Lipinski definition) is 2.